The molecule has 2 N–H and O–H groups in total. The quantitative estimate of drug-likeness (QED) is 0.714. The fourth-order valence-corrected chi connectivity index (χ4v) is 3.44. The molecule has 0 radical (unpaired) electrons. The summed E-state index contributed by atoms with van der Waals surface area (Å²) in [6, 6.07) is 8.91. The van der Waals surface area contributed by atoms with Crippen molar-refractivity contribution in [3.05, 3.63) is 36.4 Å². The van der Waals surface area contributed by atoms with Crippen LogP contribution in [0, 0.1) is 0 Å². The van der Waals surface area contributed by atoms with E-state index in [9.17, 15) is 13.2 Å². The molecule has 0 saturated carbocycles. The highest BCUT2D eigenvalue weighted by atomic mass is 32.2. The Balaban J connectivity index is 2.35. The first-order valence-corrected chi connectivity index (χ1v) is 9.58. The fraction of sp³-hybridized carbons (Fsp3) is 0.278. The number of methoxy groups -OCH3 is 2. The van der Waals surface area contributed by atoms with Crippen LogP contribution in [0.1, 0.15) is 13.8 Å². The lowest BCUT2D eigenvalue weighted by Crippen LogP contribution is -2.14. The first-order chi connectivity index (χ1) is 12.8. The molecule has 0 aliphatic carbocycles. The van der Waals surface area contributed by atoms with Crippen molar-refractivity contribution in [2.24, 2.45) is 0 Å². The third-order valence-electron chi connectivity index (χ3n) is 3.51. The Hall–Kier alpha value is -2.94. The lowest BCUT2D eigenvalue weighted by atomic mass is 10.3. The van der Waals surface area contributed by atoms with Gasteiger partial charge in [0.1, 0.15) is 5.75 Å². The van der Waals surface area contributed by atoms with Crippen molar-refractivity contribution < 1.29 is 27.4 Å². The molecule has 2 aromatic carbocycles. The van der Waals surface area contributed by atoms with E-state index in [1.807, 2.05) is 6.92 Å². The SMILES string of the molecule is CCOc1ccc(NS(=O)(=O)c2ccc(OC)c(NC(C)=O)c2)cc1OC. The van der Waals surface area contributed by atoms with E-state index in [0.717, 1.165) is 0 Å². The number of hydrogen-bond donors (Lipinski definition) is 2. The number of hydrogen-bond acceptors (Lipinski definition) is 6. The van der Waals surface area contributed by atoms with Gasteiger partial charge in [-0.3, -0.25) is 9.52 Å². The van der Waals surface area contributed by atoms with E-state index in [4.69, 9.17) is 14.2 Å². The number of ether oxygens (including phenoxy) is 3. The molecule has 0 bridgehead atoms. The number of anilines is 2. The van der Waals surface area contributed by atoms with Gasteiger partial charge < -0.3 is 19.5 Å². The zero-order valence-corrected chi connectivity index (χ0v) is 16.3. The average Bonchev–Trinajstić information content (AvgIpc) is 2.62. The van der Waals surface area contributed by atoms with Gasteiger partial charge in [0.2, 0.25) is 5.91 Å². The Morgan fingerprint density at radius 1 is 1.00 bits per heavy atom. The molecule has 0 aliphatic rings. The van der Waals surface area contributed by atoms with Crippen molar-refractivity contribution in [2.75, 3.05) is 30.9 Å². The summed E-state index contributed by atoms with van der Waals surface area (Å²) >= 11 is 0. The summed E-state index contributed by atoms with van der Waals surface area (Å²) in [5.41, 5.74) is 0.573. The third-order valence-corrected chi connectivity index (χ3v) is 4.89. The molecule has 0 saturated heterocycles. The highest BCUT2D eigenvalue weighted by molar-refractivity contribution is 7.92. The van der Waals surface area contributed by atoms with E-state index in [1.165, 1.54) is 45.4 Å². The molecule has 0 aromatic heterocycles. The van der Waals surface area contributed by atoms with Gasteiger partial charge in [-0.05, 0) is 37.3 Å². The van der Waals surface area contributed by atoms with Crippen molar-refractivity contribution in [3.63, 3.8) is 0 Å². The first kappa shape index (κ1) is 20.4. The molecular formula is C18H22N2O6S. The molecular weight excluding hydrogens is 372 g/mol. The van der Waals surface area contributed by atoms with Crippen LogP contribution in [0.25, 0.3) is 0 Å². The van der Waals surface area contributed by atoms with Crippen LogP contribution in [-0.4, -0.2) is 35.2 Å². The second-order valence-electron chi connectivity index (χ2n) is 5.45. The van der Waals surface area contributed by atoms with Crippen molar-refractivity contribution >= 4 is 27.3 Å². The summed E-state index contributed by atoms with van der Waals surface area (Å²) in [4.78, 5) is 11.3. The number of amides is 1. The monoisotopic (exact) mass is 394 g/mol. The van der Waals surface area contributed by atoms with E-state index < -0.39 is 10.0 Å². The summed E-state index contributed by atoms with van der Waals surface area (Å²) in [5, 5.41) is 2.55. The van der Waals surface area contributed by atoms with Gasteiger partial charge in [-0.2, -0.15) is 0 Å². The van der Waals surface area contributed by atoms with Crippen LogP contribution in [0.15, 0.2) is 41.3 Å². The average molecular weight is 394 g/mol. The molecule has 27 heavy (non-hydrogen) atoms. The Morgan fingerprint density at radius 2 is 1.67 bits per heavy atom. The first-order valence-electron chi connectivity index (χ1n) is 8.10. The van der Waals surface area contributed by atoms with Gasteiger partial charge in [-0.1, -0.05) is 0 Å². The summed E-state index contributed by atoms with van der Waals surface area (Å²) < 4.78 is 43.7. The van der Waals surface area contributed by atoms with E-state index in [2.05, 4.69) is 10.0 Å². The van der Waals surface area contributed by atoms with Gasteiger partial charge in [0.25, 0.3) is 10.0 Å². The van der Waals surface area contributed by atoms with Crippen LogP contribution >= 0.6 is 0 Å². The number of rotatable bonds is 8. The Morgan fingerprint density at radius 3 is 2.26 bits per heavy atom. The molecule has 0 fully saturated rings. The minimum atomic E-state index is -3.90. The summed E-state index contributed by atoms with van der Waals surface area (Å²) in [6.45, 7) is 3.62. The minimum absolute atomic E-state index is 0.0279. The molecule has 9 heteroatoms. The Labute approximate surface area is 158 Å². The van der Waals surface area contributed by atoms with Crippen LogP contribution in [-0.2, 0) is 14.8 Å². The molecule has 0 unspecified atom stereocenters. The van der Waals surface area contributed by atoms with Crippen LogP contribution in [0.4, 0.5) is 11.4 Å². The summed E-state index contributed by atoms with van der Waals surface area (Å²) in [6.07, 6.45) is 0. The topological polar surface area (TPSA) is 103 Å². The number of carbonyl (C=O) groups is 1. The zero-order chi connectivity index (χ0) is 20.0. The molecule has 0 atom stereocenters. The van der Waals surface area contributed by atoms with Gasteiger partial charge in [-0.15, -0.1) is 0 Å². The fourth-order valence-electron chi connectivity index (χ4n) is 2.36. The zero-order valence-electron chi connectivity index (χ0n) is 15.5. The third kappa shape index (κ3) is 5.04. The van der Waals surface area contributed by atoms with Crippen LogP contribution in [0.3, 0.4) is 0 Å². The van der Waals surface area contributed by atoms with Crippen molar-refractivity contribution in [3.8, 4) is 17.2 Å². The molecule has 0 heterocycles. The maximum absolute atomic E-state index is 12.7. The minimum Gasteiger partial charge on any atom is -0.495 e. The van der Waals surface area contributed by atoms with Crippen molar-refractivity contribution in [1.82, 2.24) is 0 Å². The Bertz CT molecular complexity index is 927. The lowest BCUT2D eigenvalue weighted by molar-refractivity contribution is -0.114. The molecule has 0 spiro atoms. The van der Waals surface area contributed by atoms with Crippen molar-refractivity contribution in [1.29, 1.82) is 0 Å². The molecule has 1 amide bonds. The molecule has 146 valence electrons. The van der Waals surface area contributed by atoms with Crippen LogP contribution < -0.4 is 24.2 Å². The molecule has 2 rings (SSSR count). The number of sulfonamides is 1. The van der Waals surface area contributed by atoms with E-state index in [-0.39, 0.29) is 16.5 Å². The smallest absolute Gasteiger partial charge is 0.261 e. The van der Waals surface area contributed by atoms with Crippen LogP contribution in [0.2, 0.25) is 0 Å². The van der Waals surface area contributed by atoms with Gasteiger partial charge in [-0.25, -0.2) is 8.42 Å². The van der Waals surface area contributed by atoms with E-state index >= 15 is 0 Å². The highest BCUT2D eigenvalue weighted by Crippen LogP contribution is 2.32. The van der Waals surface area contributed by atoms with Crippen molar-refractivity contribution in [2.45, 2.75) is 18.7 Å². The maximum atomic E-state index is 12.7. The normalized spacial score (nSPS) is 10.8. The Kier molecular flexibility index (Phi) is 6.51. The van der Waals surface area contributed by atoms with Gasteiger partial charge in [0.15, 0.2) is 11.5 Å². The maximum Gasteiger partial charge on any atom is 0.261 e. The second-order valence-corrected chi connectivity index (χ2v) is 7.13. The summed E-state index contributed by atoms with van der Waals surface area (Å²) in [7, 11) is -0.999. The number of benzene rings is 2. The van der Waals surface area contributed by atoms with Gasteiger partial charge in [0, 0.05) is 13.0 Å². The predicted molar refractivity (Wildman–Crippen MR) is 102 cm³/mol. The van der Waals surface area contributed by atoms with Gasteiger partial charge >= 0.3 is 0 Å². The lowest BCUT2D eigenvalue weighted by Gasteiger charge is -2.14. The summed E-state index contributed by atoms with van der Waals surface area (Å²) in [5.74, 6) is 0.935. The predicted octanol–water partition coefficient (Wildman–Crippen LogP) is 2.86. The molecule has 0 aliphatic heterocycles. The number of carbonyl (C=O) groups excluding carboxylic acids is 1. The standard InChI is InChI=1S/C18H22N2O6S/c1-5-26-17-8-6-13(10-18(17)25-4)20-27(22,23)14-7-9-16(24-3)15(11-14)19-12(2)21/h6-11,20H,5H2,1-4H3,(H,19,21). The van der Waals surface area contributed by atoms with Crippen LogP contribution in [0.5, 0.6) is 17.2 Å². The highest BCUT2D eigenvalue weighted by Gasteiger charge is 2.18. The van der Waals surface area contributed by atoms with E-state index in [0.29, 0.717) is 29.5 Å². The molecule has 2 aromatic rings. The molecule has 8 nitrogen and oxygen atoms in total. The van der Waals surface area contributed by atoms with Gasteiger partial charge in [0.05, 0.1) is 37.1 Å². The van der Waals surface area contributed by atoms with E-state index in [1.54, 1.807) is 12.1 Å². The second kappa shape index (κ2) is 8.63. The number of nitrogens with one attached hydrogen (secondary N) is 2. The largest absolute Gasteiger partial charge is 0.495 e.